The van der Waals surface area contributed by atoms with Crippen LogP contribution in [0.4, 0.5) is 5.69 Å². The average Bonchev–Trinajstić information content (AvgIpc) is 2.35. The van der Waals surface area contributed by atoms with Gasteiger partial charge in [-0.2, -0.15) is 0 Å². The molecular formula is C15H24N2. The van der Waals surface area contributed by atoms with E-state index in [1.165, 1.54) is 16.8 Å². The molecule has 0 fully saturated rings. The highest BCUT2D eigenvalue weighted by Crippen LogP contribution is 2.20. The van der Waals surface area contributed by atoms with Gasteiger partial charge in [-0.25, -0.2) is 0 Å². The van der Waals surface area contributed by atoms with Crippen molar-refractivity contribution in [2.75, 3.05) is 18.0 Å². The summed E-state index contributed by atoms with van der Waals surface area (Å²) < 4.78 is 0. The molecule has 0 heterocycles. The Morgan fingerprint density at radius 1 is 1.29 bits per heavy atom. The van der Waals surface area contributed by atoms with Crippen molar-refractivity contribution in [1.29, 1.82) is 0 Å². The van der Waals surface area contributed by atoms with Crippen molar-refractivity contribution >= 4 is 5.69 Å². The molecule has 0 amide bonds. The summed E-state index contributed by atoms with van der Waals surface area (Å²) in [5.74, 6) is 0. The second kappa shape index (κ2) is 6.45. The van der Waals surface area contributed by atoms with Gasteiger partial charge in [-0.1, -0.05) is 31.2 Å². The lowest BCUT2D eigenvalue weighted by Crippen LogP contribution is -2.24. The minimum Gasteiger partial charge on any atom is -0.368 e. The topological polar surface area (TPSA) is 29.3 Å². The predicted octanol–water partition coefficient (Wildman–Crippen LogP) is 3.50. The molecule has 1 rings (SSSR count). The van der Waals surface area contributed by atoms with Gasteiger partial charge in [0.2, 0.25) is 0 Å². The van der Waals surface area contributed by atoms with E-state index in [2.05, 4.69) is 56.5 Å². The van der Waals surface area contributed by atoms with E-state index in [0.717, 1.165) is 19.5 Å². The number of nitrogens with two attached hydrogens (primary N) is 1. The molecule has 0 saturated carbocycles. The van der Waals surface area contributed by atoms with Gasteiger partial charge in [0, 0.05) is 24.8 Å². The molecule has 0 aromatic heterocycles. The van der Waals surface area contributed by atoms with Gasteiger partial charge in [0.15, 0.2) is 0 Å². The molecule has 1 aromatic rings. The van der Waals surface area contributed by atoms with Crippen LogP contribution in [0.1, 0.15) is 38.8 Å². The zero-order chi connectivity index (χ0) is 12.8. The van der Waals surface area contributed by atoms with E-state index in [-0.39, 0.29) is 6.04 Å². The van der Waals surface area contributed by atoms with E-state index >= 15 is 0 Å². The van der Waals surface area contributed by atoms with Crippen LogP contribution in [0.2, 0.25) is 0 Å². The summed E-state index contributed by atoms with van der Waals surface area (Å²) >= 11 is 0. The van der Waals surface area contributed by atoms with E-state index in [4.69, 9.17) is 5.73 Å². The van der Waals surface area contributed by atoms with Crippen LogP contribution in [0, 0.1) is 0 Å². The van der Waals surface area contributed by atoms with Crippen LogP contribution in [0.25, 0.3) is 0 Å². The van der Waals surface area contributed by atoms with Crippen LogP contribution < -0.4 is 10.6 Å². The first-order chi connectivity index (χ1) is 8.08. The summed E-state index contributed by atoms with van der Waals surface area (Å²) in [5, 5.41) is 0. The normalized spacial score (nSPS) is 12.2. The molecule has 0 saturated heterocycles. The maximum absolute atomic E-state index is 6.01. The van der Waals surface area contributed by atoms with Gasteiger partial charge in [0.1, 0.15) is 0 Å². The summed E-state index contributed by atoms with van der Waals surface area (Å²) in [4.78, 5) is 2.31. The van der Waals surface area contributed by atoms with E-state index in [9.17, 15) is 0 Å². The number of rotatable bonds is 6. The molecule has 1 aromatic carbocycles. The number of benzene rings is 1. The summed E-state index contributed by atoms with van der Waals surface area (Å²) in [6.45, 7) is 12.2. The molecule has 94 valence electrons. The van der Waals surface area contributed by atoms with Gasteiger partial charge in [0.05, 0.1) is 0 Å². The van der Waals surface area contributed by atoms with E-state index in [1.54, 1.807) is 0 Å². The van der Waals surface area contributed by atoms with Crippen LogP contribution in [0.5, 0.6) is 0 Å². The Hall–Kier alpha value is -1.28. The van der Waals surface area contributed by atoms with Crippen LogP contribution in [0.3, 0.4) is 0 Å². The van der Waals surface area contributed by atoms with Gasteiger partial charge in [-0.05, 0) is 38.0 Å². The molecule has 2 nitrogen and oxygen atoms in total. The fourth-order valence-electron chi connectivity index (χ4n) is 1.88. The highest BCUT2D eigenvalue weighted by molar-refractivity contribution is 5.48. The maximum atomic E-state index is 6.01. The predicted molar refractivity (Wildman–Crippen MR) is 76.4 cm³/mol. The molecule has 0 spiro atoms. The lowest BCUT2D eigenvalue weighted by atomic mass is 10.0. The van der Waals surface area contributed by atoms with Crippen molar-refractivity contribution in [2.24, 2.45) is 5.73 Å². The molecule has 0 radical (unpaired) electrons. The molecule has 1 atom stereocenters. The van der Waals surface area contributed by atoms with Crippen molar-refractivity contribution in [2.45, 2.75) is 33.2 Å². The average molecular weight is 232 g/mol. The Morgan fingerprint density at radius 3 is 2.29 bits per heavy atom. The minimum atomic E-state index is 0.153. The Balaban J connectivity index is 2.81. The summed E-state index contributed by atoms with van der Waals surface area (Å²) in [7, 11) is 0. The summed E-state index contributed by atoms with van der Waals surface area (Å²) in [6, 6.07) is 8.71. The molecule has 0 aliphatic carbocycles. The quantitative estimate of drug-likeness (QED) is 0.761. The zero-order valence-corrected chi connectivity index (χ0v) is 11.2. The van der Waals surface area contributed by atoms with Crippen molar-refractivity contribution in [3.8, 4) is 0 Å². The Labute approximate surface area is 105 Å². The third kappa shape index (κ3) is 3.90. The molecule has 0 aliphatic heterocycles. The number of nitrogens with zero attached hydrogens (tertiary/aromatic N) is 1. The number of hydrogen-bond donors (Lipinski definition) is 1. The lowest BCUT2D eigenvalue weighted by molar-refractivity contribution is 0.698. The minimum absolute atomic E-state index is 0.153. The molecule has 17 heavy (non-hydrogen) atoms. The van der Waals surface area contributed by atoms with Crippen molar-refractivity contribution in [3.05, 3.63) is 42.0 Å². The number of likely N-dealkylation sites (N-methyl/N-ethyl adjacent to an activating group) is 1. The standard InChI is InChI=1S/C15H24N2/c1-5-15(16)13-7-9-14(10-8-13)17(6-2)11-12(3)4/h7-10,15H,3,5-6,11,16H2,1-2,4H3. The maximum Gasteiger partial charge on any atom is 0.0383 e. The second-order valence-corrected chi connectivity index (χ2v) is 4.58. The van der Waals surface area contributed by atoms with Crippen molar-refractivity contribution in [3.63, 3.8) is 0 Å². The first-order valence-corrected chi connectivity index (χ1v) is 6.33. The third-order valence-corrected chi connectivity index (χ3v) is 2.97. The van der Waals surface area contributed by atoms with Crippen LogP contribution in [0.15, 0.2) is 36.4 Å². The zero-order valence-electron chi connectivity index (χ0n) is 11.2. The monoisotopic (exact) mass is 232 g/mol. The van der Waals surface area contributed by atoms with Gasteiger partial charge in [0.25, 0.3) is 0 Å². The highest BCUT2D eigenvalue weighted by Gasteiger charge is 2.06. The second-order valence-electron chi connectivity index (χ2n) is 4.58. The van der Waals surface area contributed by atoms with Crippen molar-refractivity contribution in [1.82, 2.24) is 0 Å². The lowest BCUT2D eigenvalue weighted by Gasteiger charge is -2.23. The largest absolute Gasteiger partial charge is 0.368 e. The van der Waals surface area contributed by atoms with Crippen LogP contribution in [-0.2, 0) is 0 Å². The van der Waals surface area contributed by atoms with Crippen LogP contribution >= 0.6 is 0 Å². The molecule has 2 N–H and O–H groups in total. The first-order valence-electron chi connectivity index (χ1n) is 6.33. The summed E-state index contributed by atoms with van der Waals surface area (Å²) in [5.41, 5.74) is 9.64. The fourth-order valence-corrected chi connectivity index (χ4v) is 1.88. The van der Waals surface area contributed by atoms with Gasteiger partial charge in [-0.3, -0.25) is 0 Å². The van der Waals surface area contributed by atoms with Gasteiger partial charge in [-0.15, -0.1) is 0 Å². The Bertz CT molecular complexity index is 354. The van der Waals surface area contributed by atoms with E-state index in [0.29, 0.717) is 0 Å². The molecule has 0 aliphatic rings. The van der Waals surface area contributed by atoms with Gasteiger partial charge >= 0.3 is 0 Å². The number of hydrogen-bond acceptors (Lipinski definition) is 2. The third-order valence-electron chi connectivity index (χ3n) is 2.97. The number of anilines is 1. The van der Waals surface area contributed by atoms with Crippen molar-refractivity contribution < 1.29 is 0 Å². The van der Waals surface area contributed by atoms with Crippen LogP contribution in [-0.4, -0.2) is 13.1 Å². The van der Waals surface area contributed by atoms with Gasteiger partial charge < -0.3 is 10.6 Å². The fraction of sp³-hybridized carbons (Fsp3) is 0.467. The molecule has 0 bridgehead atoms. The van der Waals surface area contributed by atoms with E-state index < -0.39 is 0 Å². The Kier molecular flexibility index (Phi) is 5.23. The molecule has 2 heteroatoms. The SMILES string of the molecule is C=C(C)CN(CC)c1ccc(C(N)CC)cc1. The Morgan fingerprint density at radius 2 is 1.88 bits per heavy atom. The first kappa shape index (κ1) is 13.8. The molecular weight excluding hydrogens is 208 g/mol. The van der Waals surface area contributed by atoms with E-state index in [1.807, 2.05) is 0 Å². The highest BCUT2D eigenvalue weighted by atomic mass is 15.1. The smallest absolute Gasteiger partial charge is 0.0383 e. The molecule has 1 unspecified atom stereocenters. The summed E-state index contributed by atoms with van der Waals surface area (Å²) in [6.07, 6.45) is 0.975.